The van der Waals surface area contributed by atoms with E-state index in [-0.39, 0.29) is 0 Å². The van der Waals surface area contributed by atoms with Gasteiger partial charge in [-0.05, 0) is 0 Å². The van der Waals surface area contributed by atoms with E-state index >= 15 is 0 Å². The molecule has 0 fully saturated rings. The molecule has 0 aliphatic rings. The molecular formula is C7H7N3OS. The molecule has 2 rings (SSSR count). The Morgan fingerprint density at radius 1 is 1.67 bits per heavy atom. The van der Waals surface area contributed by atoms with Gasteiger partial charge < -0.3 is 4.74 Å². The van der Waals surface area contributed by atoms with Crippen LogP contribution in [0.2, 0.25) is 0 Å². The number of ether oxygens (including phenoxy) is 1. The number of hydrogen-bond donors (Lipinski definition) is 1. The molecule has 12 heavy (non-hydrogen) atoms. The zero-order valence-electron chi connectivity index (χ0n) is 6.44. The summed E-state index contributed by atoms with van der Waals surface area (Å²) in [5, 5.41) is 2.93. The Morgan fingerprint density at radius 3 is 3.25 bits per heavy atom. The number of aromatic nitrogens is 3. The molecule has 62 valence electrons. The largest absolute Gasteiger partial charge is 0.493 e. The van der Waals surface area contributed by atoms with Crippen molar-refractivity contribution in [1.82, 2.24) is 14.6 Å². The molecule has 0 atom stereocenters. The molecule has 0 aliphatic carbocycles. The summed E-state index contributed by atoms with van der Waals surface area (Å²) in [7, 11) is 1.60. The highest BCUT2D eigenvalue weighted by Gasteiger charge is 2.01. The molecule has 0 saturated carbocycles. The molecule has 0 bridgehead atoms. The highest BCUT2D eigenvalue weighted by Crippen LogP contribution is 2.15. The Morgan fingerprint density at radius 2 is 2.50 bits per heavy atom. The Labute approximate surface area is 73.8 Å². The van der Waals surface area contributed by atoms with Gasteiger partial charge in [0.05, 0.1) is 7.11 Å². The molecular weight excluding hydrogens is 174 g/mol. The van der Waals surface area contributed by atoms with Gasteiger partial charge in [-0.3, -0.25) is 5.10 Å². The summed E-state index contributed by atoms with van der Waals surface area (Å²) < 4.78 is 7.44. The third-order valence-corrected chi connectivity index (χ3v) is 1.78. The number of fused-ring (bicyclic) bond motifs is 1. The first kappa shape index (κ1) is 7.30. The maximum atomic E-state index is 5.10. The fraction of sp³-hybridized carbons (Fsp3) is 0.143. The standard InChI is InChI=1S/C7H7N3OS/c1-11-5-4-6(12)9-10-3-2-8-7(5)10/h2-4H,1H3,(H,9,12). The van der Waals surface area contributed by atoms with Crippen molar-refractivity contribution < 1.29 is 4.74 Å². The van der Waals surface area contributed by atoms with Gasteiger partial charge >= 0.3 is 0 Å². The first-order valence-electron chi connectivity index (χ1n) is 3.41. The molecule has 0 amide bonds. The van der Waals surface area contributed by atoms with E-state index in [1.165, 1.54) is 0 Å². The summed E-state index contributed by atoms with van der Waals surface area (Å²) in [4.78, 5) is 4.09. The molecule has 2 heterocycles. The zero-order valence-corrected chi connectivity index (χ0v) is 7.26. The minimum absolute atomic E-state index is 0.623. The molecule has 0 spiro atoms. The number of nitrogens with zero attached hydrogens (tertiary/aromatic N) is 2. The number of hydrogen-bond acceptors (Lipinski definition) is 3. The Bertz CT molecular complexity index is 459. The predicted molar refractivity (Wildman–Crippen MR) is 46.9 cm³/mol. The van der Waals surface area contributed by atoms with Gasteiger partial charge in [0.2, 0.25) is 0 Å². The van der Waals surface area contributed by atoms with Crippen LogP contribution in [-0.4, -0.2) is 21.7 Å². The van der Waals surface area contributed by atoms with Crippen LogP contribution in [0.5, 0.6) is 5.75 Å². The van der Waals surface area contributed by atoms with Crippen LogP contribution in [0.25, 0.3) is 5.65 Å². The van der Waals surface area contributed by atoms with Crippen LogP contribution in [0.15, 0.2) is 18.5 Å². The molecule has 0 aliphatic heterocycles. The third-order valence-electron chi connectivity index (χ3n) is 1.57. The van der Waals surface area contributed by atoms with Gasteiger partial charge in [-0.15, -0.1) is 0 Å². The molecule has 0 saturated heterocycles. The molecule has 2 aromatic heterocycles. The van der Waals surface area contributed by atoms with Crippen molar-refractivity contribution in [1.29, 1.82) is 0 Å². The normalized spacial score (nSPS) is 10.4. The predicted octanol–water partition coefficient (Wildman–Crippen LogP) is 1.40. The summed E-state index contributed by atoms with van der Waals surface area (Å²) in [6.45, 7) is 0. The highest BCUT2D eigenvalue weighted by molar-refractivity contribution is 7.71. The van der Waals surface area contributed by atoms with Crippen LogP contribution < -0.4 is 4.74 Å². The molecule has 0 unspecified atom stereocenters. The van der Waals surface area contributed by atoms with Crippen LogP contribution >= 0.6 is 12.2 Å². The summed E-state index contributed by atoms with van der Waals surface area (Å²) in [5.41, 5.74) is 0.742. The van der Waals surface area contributed by atoms with Crippen molar-refractivity contribution in [2.75, 3.05) is 7.11 Å². The van der Waals surface area contributed by atoms with Crippen molar-refractivity contribution in [3.8, 4) is 5.75 Å². The maximum Gasteiger partial charge on any atom is 0.194 e. The molecule has 0 radical (unpaired) electrons. The van der Waals surface area contributed by atoms with E-state index in [2.05, 4.69) is 10.1 Å². The van der Waals surface area contributed by atoms with Gasteiger partial charge in [0.1, 0.15) is 4.64 Å². The van der Waals surface area contributed by atoms with Crippen molar-refractivity contribution in [2.45, 2.75) is 0 Å². The lowest BCUT2D eigenvalue weighted by Gasteiger charge is -2.00. The highest BCUT2D eigenvalue weighted by atomic mass is 32.1. The van der Waals surface area contributed by atoms with Crippen LogP contribution in [0.3, 0.4) is 0 Å². The summed E-state index contributed by atoms with van der Waals surface area (Å²) in [5.74, 6) is 0.684. The van der Waals surface area contributed by atoms with Gasteiger partial charge in [0, 0.05) is 18.5 Å². The number of rotatable bonds is 1. The van der Waals surface area contributed by atoms with Crippen molar-refractivity contribution in [2.24, 2.45) is 0 Å². The average Bonchev–Trinajstić information content (AvgIpc) is 2.50. The number of nitrogens with one attached hydrogen (secondary N) is 1. The molecule has 4 nitrogen and oxygen atoms in total. The van der Waals surface area contributed by atoms with E-state index in [0.717, 1.165) is 5.65 Å². The minimum atomic E-state index is 0.623. The SMILES string of the molecule is COc1cc(=S)[nH]n2ccnc12. The van der Waals surface area contributed by atoms with Gasteiger partial charge in [-0.2, -0.15) is 0 Å². The fourth-order valence-electron chi connectivity index (χ4n) is 1.06. The van der Waals surface area contributed by atoms with Crippen LogP contribution in [0, 0.1) is 4.64 Å². The monoisotopic (exact) mass is 181 g/mol. The average molecular weight is 181 g/mol. The Kier molecular flexibility index (Phi) is 1.58. The van der Waals surface area contributed by atoms with Crippen LogP contribution in [0.1, 0.15) is 0 Å². The second-order valence-corrected chi connectivity index (χ2v) is 2.75. The van der Waals surface area contributed by atoms with Crippen molar-refractivity contribution in [3.05, 3.63) is 23.1 Å². The molecule has 1 N–H and O–H groups in total. The second kappa shape index (κ2) is 2.60. The topological polar surface area (TPSA) is 42.3 Å². The Balaban J connectivity index is 2.89. The maximum absolute atomic E-state index is 5.10. The number of methoxy groups -OCH3 is 1. The first-order chi connectivity index (χ1) is 5.81. The summed E-state index contributed by atoms with van der Waals surface area (Å²) in [6.07, 6.45) is 3.47. The molecule has 5 heteroatoms. The summed E-state index contributed by atoms with van der Waals surface area (Å²) >= 11 is 4.98. The van der Waals surface area contributed by atoms with Gasteiger partial charge in [0.25, 0.3) is 0 Å². The zero-order chi connectivity index (χ0) is 8.55. The fourth-order valence-corrected chi connectivity index (χ4v) is 1.27. The van der Waals surface area contributed by atoms with Crippen LogP contribution in [0.4, 0.5) is 0 Å². The minimum Gasteiger partial charge on any atom is -0.493 e. The summed E-state index contributed by atoms with van der Waals surface area (Å²) in [6, 6.07) is 1.73. The van der Waals surface area contributed by atoms with Crippen molar-refractivity contribution >= 4 is 17.9 Å². The van der Waals surface area contributed by atoms with E-state index in [4.69, 9.17) is 17.0 Å². The van der Waals surface area contributed by atoms with Gasteiger partial charge in [0.15, 0.2) is 11.4 Å². The van der Waals surface area contributed by atoms with Gasteiger partial charge in [-0.25, -0.2) is 9.50 Å². The van der Waals surface area contributed by atoms with E-state index in [1.807, 2.05) is 0 Å². The molecule has 0 aromatic carbocycles. The smallest absolute Gasteiger partial charge is 0.194 e. The number of aromatic amines is 1. The third kappa shape index (κ3) is 0.984. The first-order valence-corrected chi connectivity index (χ1v) is 3.82. The van der Waals surface area contributed by atoms with E-state index in [0.29, 0.717) is 10.4 Å². The molecule has 2 aromatic rings. The number of imidazole rings is 1. The Hall–Kier alpha value is -1.36. The second-order valence-electron chi connectivity index (χ2n) is 2.31. The van der Waals surface area contributed by atoms with E-state index in [9.17, 15) is 0 Å². The lowest BCUT2D eigenvalue weighted by Crippen LogP contribution is -1.94. The quantitative estimate of drug-likeness (QED) is 0.676. The van der Waals surface area contributed by atoms with Crippen molar-refractivity contribution in [3.63, 3.8) is 0 Å². The van der Waals surface area contributed by atoms with Gasteiger partial charge in [-0.1, -0.05) is 12.2 Å². The van der Waals surface area contributed by atoms with E-state index < -0.39 is 0 Å². The van der Waals surface area contributed by atoms with Crippen LogP contribution in [-0.2, 0) is 0 Å². The van der Waals surface area contributed by atoms with E-state index in [1.54, 1.807) is 30.1 Å². The lowest BCUT2D eigenvalue weighted by atomic mass is 10.5. The number of H-pyrrole nitrogens is 1. The lowest BCUT2D eigenvalue weighted by molar-refractivity contribution is 0.415.